The fraction of sp³-hybridized carbons (Fsp3) is 0.417. The molecule has 88 valence electrons. The van der Waals surface area contributed by atoms with Gasteiger partial charge in [-0.3, -0.25) is 4.79 Å². The number of amides is 1. The normalized spacial score (nSPS) is 13.3. The first-order valence-corrected chi connectivity index (χ1v) is 6.24. The van der Waals surface area contributed by atoms with E-state index in [1.165, 1.54) is 0 Å². The number of carbonyl (C=O) groups excluding carboxylic acids is 1. The van der Waals surface area contributed by atoms with Crippen LogP contribution in [-0.4, -0.2) is 11.4 Å². The predicted molar refractivity (Wildman–Crippen MR) is 70.6 cm³/mol. The Bertz CT molecular complexity index is 370. The minimum Gasteiger partial charge on any atom is -0.350 e. The molecule has 1 atom stereocenters. The van der Waals surface area contributed by atoms with Crippen LogP contribution in [0.3, 0.4) is 0 Å². The third kappa shape index (κ3) is 4.14. The van der Waals surface area contributed by atoms with Crippen LogP contribution in [0.2, 0.25) is 0 Å². The smallest absolute Gasteiger partial charge is 0.242 e. The first-order chi connectivity index (χ1) is 7.29. The molecule has 0 aliphatic heterocycles. The molecule has 0 fully saturated rings. The van der Waals surface area contributed by atoms with Crippen molar-refractivity contribution in [2.24, 2.45) is 0 Å². The second-order valence-corrected chi connectivity index (χ2v) is 6.01. The number of halogens is 2. The molecule has 0 bridgehead atoms. The highest BCUT2D eigenvalue weighted by molar-refractivity contribution is 9.10. The molecule has 0 aromatic heterocycles. The van der Waals surface area contributed by atoms with E-state index in [9.17, 15) is 4.79 Å². The standard InChI is InChI=1S/C12H15BrClNO/c1-12(2,3)15-11(16)10(14)8-4-6-9(13)7-5-8/h4-7,10H,1-3H3,(H,15,16). The minimum atomic E-state index is -0.646. The summed E-state index contributed by atoms with van der Waals surface area (Å²) in [6.07, 6.45) is 0. The van der Waals surface area contributed by atoms with Crippen LogP contribution in [0.5, 0.6) is 0 Å². The van der Waals surface area contributed by atoms with Crippen LogP contribution in [0.1, 0.15) is 31.7 Å². The first kappa shape index (κ1) is 13.5. The van der Waals surface area contributed by atoms with Crippen LogP contribution in [0.25, 0.3) is 0 Å². The van der Waals surface area contributed by atoms with Crippen LogP contribution in [0.4, 0.5) is 0 Å². The maximum atomic E-state index is 11.8. The summed E-state index contributed by atoms with van der Waals surface area (Å²) in [7, 11) is 0. The van der Waals surface area contributed by atoms with Gasteiger partial charge in [0.2, 0.25) is 5.91 Å². The highest BCUT2D eigenvalue weighted by Gasteiger charge is 2.22. The quantitative estimate of drug-likeness (QED) is 0.830. The van der Waals surface area contributed by atoms with Crippen molar-refractivity contribution in [2.75, 3.05) is 0 Å². The third-order valence-corrected chi connectivity index (χ3v) is 2.87. The van der Waals surface area contributed by atoms with Crippen molar-refractivity contribution in [1.82, 2.24) is 5.32 Å². The van der Waals surface area contributed by atoms with Gasteiger partial charge in [0, 0.05) is 10.0 Å². The van der Waals surface area contributed by atoms with Gasteiger partial charge in [0.05, 0.1) is 0 Å². The number of benzene rings is 1. The summed E-state index contributed by atoms with van der Waals surface area (Å²) in [4.78, 5) is 11.8. The Kier molecular flexibility index (Phi) is 4.39. The Labute approximate surface area is 110 Å². The summed E-state index contributed by atoms with van der Waals surface area (Å²) in [6.45, 7) is 5.78. The van der Waals surface area contributed by atoms with Gasteiger partial charge in [0.1, 0.15) is 5.38 Å². The Morgan fingerprint density at radius 1 is 1.31 bits per heavy atom. The van der Waals surface area contributed by atoms with E-state index < -0.39 is 5.38 Å². The van der Waals surface area contributed by atoms with Crippen molar-refractivity contribution in [3.8, 4) is 0 Å². The topological polar surface area (TPSA) is 29.1 Å². The van der Waals surface area contributed by atoms with Crippen LogP contribution < -0.4 is 5.32 Å². The monoisotopic (exact) mass is 303 g/mol. The van der Waals surface area contributed by atoms with Crippen LogP contribution in [0, 0.1) is 0 Å². The molecule has 0 heterocycles. The Balaban J connectivity index is 2.74. The molecule has 1 aromatic rings. The van der Waals surface area contributed by atoms with Gasteiger partial charge in [0.15, 0.2) is 0 Å². The van der Waals surface area contributed by atoms with Crippen molar-refractivity contribution in [3.05, 3.63) is 34.3 Å². The molecule has 1 N–H and O–H groups in total. The number of alkyl halides is 1. The van der Waals surface area contributed by atoms with E-state index in [1.54, 1.807) is 0 Å². The fourth-order valence-electron chi connectivity index (χ4n) is 1.22. The van der Waals surface area contributed by atoms with Gasteiger partial charge in [-0.25, -0.2) is 0 Å². The molecule has 0 radical (unpaired) electrons. The zero-order valence-electron chi connectivity index (χ0n) is 9.55. The second-order valence-electron chi connectivity index (χ2n) is 4.65. The summed E-state index contributed by atoms with van der Waals surface area (Å²) in [5, 5.41) is 2.20. The lowest BCUT2D eigenvalue weighted by Crippen LogP contribution is -2.42. The number of rotatable bonds is 2. The Hall–Kier alpha value is -0.540. The van der Waals surface area contributed by atoms with E-state index in [4.69, 9.17) is 11.6 Å². The van der Waals surface area contributed by atoms with Crippen LogP contribution in [0.15, 0.2) is 28.7 Å². The van der Waals surface area contributed by atoms with Crippen molar-refractivity contribution in [1.29, 1.82) is 0 Å². The molecular weight excluding hydrogens is 289 g/mol. The molecule has 1 aromatic carbocycles. The lowest BCUT2D eigenvalue weighted by atomic mass is 10.1. The highest BCUT2D eigenvalue weighted by atomic mass is 79.9. The van der Waals surface area contributed by atoms with Gasteiger partial charge in [-0.05, 0) is 38.5 Å². The van der Waals surface area contributed by atoms with Gasteiger partial charge in [-0.2, -0.15) is 0 Å². The van der Waals surface area contributed by atoms with E-state index in [0.29, 0.717) is 0 Å². The van der Waals surface area contributed by atoms with Gasteiger partial charge < -0.3 is 5.32 Å². The fourth-order valence-corrected chi connectivity index (χ4v) is 1.68. The SMILES string of the molecule is CC(C)(C)NC(=O)C(Cl)c1ccc(Br)cc1. The molecule has 16 heavy (non-hydrogen) atoms. The molecule has 0 saturated carbocycles. The molecule has 2 nitrogen and oxygen atoms in total. The summed E-state index contributed by atoms with van der Waals surface area (Å²) in [6, 6.07) is 7.41. The largest absolute Gasteiger partial charge is 0.350 e. The number of nitrogens with one attached hydrogen (secondary N) is 1. The summed E-state index contributed by atoms with van der Waals surface area (Å²) in [5.41, 5.74) is 0.533. The summed E-state index contributed by atoms with van der Waals surface area (Å²) >= 11 is 9.42. The number of carbonyl (C=O) groups is 1. The third-order valence-electron chi connectivity index (χ3n) is 1.89. The molecule has 0 saturated heterocycles. The van der Waals surface area contributed by atoms with E-state index >= 15 is 0 Å². The molecule has 0 aliphatic carbocycles. The number of hydrogen-bond donors (Lipinski definition) is 1. The van der Waals surface area contributed by atoms with Crippen LogP contribution >= 0.6 is 27.5 Å². The summed E-state index contributed by atoms with van der Waals surface area (Å²) in [5.74, 6) is -0.170. The molecule has 4 heteroatoms. The maximum Gasteiger partial charge on any atom is 0.242 e. The van der Waals surface area contributed by atoms with Crippen molar-refractivity contribution >= 4 is 33.4 Å². The van der Waals surface area contributed by atoms with Gasteiger partial charge >= 0.3 is 0 Å². The van der Waals surface area contributed by atoms with Gasteiger partial charge in [-0.15, -0.1) is 11.6 Å². The number of hydrogen-bond acceptors (Lipinski definition) is 1. The molecule has 0 aliphatic rings. The maximum absolute atomic E-state index is 11.8. The van der Waals surface area contributed by atoms with E-state index in [-0.39, 0.29) is 11.4 Å². The van der Waals surface area contributed by atoms with E-state index in [0.717, 1.165) is 10.0 Å². The van der Waals surface area contributed by atoms with Crippen molar-refractivity contribution in [2.45, 2.75) is 31.7 Å². The Morgan fingerprint density at radius 2 is 1.81 bits per heavy atom. The van der Waals surface area contributed by atoms with Gasteiger partial charge in [0.25, 0.3) is 0 Å². The lowest BCUT2D eigenvalue weighted by Gasteiger charge is -2.22. The Morgan fingerprint density at radius 3 is 2.25 bits per heavy atom. The van der Waals surface area contributed by atoms with Crippen molar-refractivity contribution in [3.63, 3.8) is 0 Å². The predicted octanol–water partition coefficient (Wildman–Crippen LogP) is 3.64. The molecular formula is C12H15BrClNO. The molecule has 1 unspecified atom stereocenters. The minimum absolute atomic E-state index is 0.170. The molecule has 0 spiro atoms. The van der Waals surface area contributed by atoms with Crippen LogP contribution in [-0.2, 0) is 4.79 Å². The zero-order chi connectivity index (χ0) is 12.3. The summed E-state index contributed by atoms with van der Waals surface area (Å²) < 4.78 is 0.969. The first-order valence-electron chi connectivity index (χ1n) is 5.01. The molecule has 1 amide bonds. The zero-order valence-corrected chi connectivity index (χ0v) is 11.9. The molecule has 1 rings (SSSR count). The van der Waals surface area contributed by atoms with E-state index in [2.05, 4.69) is 21.2 Å². The highest BCUT2D eigenvalue weighted by Crippen LogP contribution is 2.23. The lowest BCUT2D eigenvalue weighted by molar-refractivity contribution is -0.122. The van der Waals surface area contributed by atoms with Gasteiger partial charge in [-0.1, -0.05) is 28.1 Å². The average Bonchev–Trinajstić information content (AvgIpc) is 2.15. The second kappa shape index (κ2) is 5.19. The van der Waals surface area contributed by atoms with Crippen molar-refractivity contribution < 1.29 is 4.79 Å². The average molecular weight is 305 g/mol. The van der Waals surface area contributed by atoms with E-state index in [1.807, 2.05) is 45.0 Å².